The van der Waals surface area contributed by atoms with Gasteiger partial charge >= 0.3 is 108 Å². The third kappa shape index (κ3) is 10.2. The van der Waals surface area contributed by atoms with E-state index in [1.54, 1.807) is 24.3 Å². The van der Waals surface area contributed by atoms with Crippen LogP contribution >= 0.6 is 0 Å². The summed E-state index contributed by atoms with van der Waals surface area (Å²) in [5, 5.41) is 5.15. The minimum absolute atomic E-state index is 0. The molecule has 0 saturated carbocycles. The molecule has 5 heteroatoms. The Balaban J connectivity index is 0.000000238. The summed E-state index contributed by atoms with van der Waals surface area (Å²) in [6.07, 6.45) is 11.4. The van der Waals surface area contributed by atoms with Crippen molar-refractivity contribution in [3.05, 3.63) is 162 Å². The second kappa shape index (κ2) is 17.0. The van der Waals surface area contributed by atoms with Gasteiger partial charge in [0.2, 0.25) is 0 Å². The van der Waals surface area contributed by atoms with Crippen LogP contribution in [0.1, 0.15) is 49.9 Å². The van der Waals surface area contributed by atoms with E-state index in [2.05, 4.69) is 102 Å². The molecule has 0 nitrogen and oxygen atoms in total. The van der Waals surface area contributed by atoms with E-state index in [1.165, 1.54) is 75.6 Å². The molecule has 5 aromatic rings. The standard InChI is InChI=1S/C17H13.C13H8F2.C10H15.2ClH.Zr/c1-3-12-5-7-14-11-15-8-6-13(4-2)10-17(15)16(14)9-12;14-12-5-1-10(2-6-12)9-11-3-7-13(15)8-4-11;1-8-5-6-9(7-8)10(2,3)4;;;/h3-11H,1-2H2;1-8H;6-8H,1-4H3;2*1H;/q-1;;-1;;;+2/p-2. The fourth-order valence-corrected chi connectivity index (χ4v) is 5.56. The van der Waals surface area contributed by atoms with E-state index in [-0.39, 0.29) is 36.4 Å². The van der Waals surface area contributed by atoms with Crippen molar-refractivity contribution < 1.29 is 57.8 Å². The van der Waals surface area contributed by atoms with Crippen LogP contribution in [0.4, 0.5) is 8.78 Å². The van der Waals surface area contributed by atoms with Crippen LogP contribution in [-0.4, -0.2) is 3.21 Å². The third-order valence-corrected chi connectivity index (χ3v) is 8.71. The summed E-state index contributed by atoms with van der Waals surface area (Å²) in [5.41, 5.74) is 6.00. The Kier molecular flexibility index (Phi) is 14.4. The zero-order valence-corrected chi connectivity index (χ0v) is 29.9. The number of benzene rings is 4. The summed E-state index contributed by atoms with van der Waals surface area (Å²) < 4.78 is 26.6. The van der Waals surface area contributed by atoms with Crippen molar-refractivity contribution in [2.75, 3.05) is 0 Å². The molecule has 0 heterocycles. The topological polar surface area (TPSA) is 0 Å². The van der Waals surface area contributed by atoms with E-state index in [4.69, 9.17) is 0 Å². The molecule has 230 valence electrons. The summed E-state index contributed by atoms with van der Waals surface area (Å²) in [5.74, 6) is 0.0344. The molecule has 5 aromatic carbocycles. The Labute approximate surface area is 293 Å². The van der Waals surface area contributed by atoms with E-state index in [1.807, 2.05) is 12.2 Å². The molecule has 0 radical (unpaired) electrons. The van der Waals surface area contributed by atoms with E-state index < -0.39 is 0 Å². The second-order valence-electron chi connectivity index (χ2n) is 11.6. The summed E-state index contributed by atoms with van der Waals surface area (Å²) in [4.78, 5) is 0. The molecule has 1 unspecified atom stereocenters. The van der Waals surface area contributed by atoms with Gasteiger partial charge in [0.25, 0.3) is 0 Å². The molecular formula is C40H36Cl2F2Zr-2. The Bertz CT molecular complexity index is 1710. The Hall–Kier alpha value is -3.10. The van der Waals surface area contributed by atoms with Crippen LogP contribution in [0.25, 0.3) is 33.7 Å². The average molecular weight is 717 g/mol. The largest absolute Gasteiger partial charge is 1.00 e. The van der Waals surface area contributed by atoms with Gasteiger partial charge in [-0.3, -0.25) is 6.08 Å². The van der Waals surface area contributed by atoms with Gasteiger partial charge in [0.1, 0.15) is 0 Å². The predicted molar refractivity (Wildman–Crippen MR) is 178 cm³/mol. The molecular weight excluding hydrogens is 681 g/mol. The fraction of sp³-hybridized carbons (Fsp3) is 0.150. The molecule has 0 amide bonds. The van der Waals surface area contributed by atoms with Crippen LogP contribution in [0.5, 0.6) is 0 Å². The normalized spacial score (nSPS) is 13.3. The average Bonchev–Trinajstić information content (AvgIpc) is 3.61. The van der Waals surface area contributed by atoms with Gasteiger partial charge in [-0.25, -0.2) is 6.08 Å². The van der Waals surface area contributed by atoms with Gasteiger partial charge < -0.3 is 24.8 Å². The molecule has 0 aliphatic heterocycles. The van der Waals surface area contributed by atoms with Crippen LogP contribution in [0.2, 0.25) is 0 Å². The molecule has 1 aliphatic carbocycles. The number of hydrogen-bond donors (Lipinski definition) is 0. The van der Waals surface area contributed by atoms with Gasteiger partial charge in [-0.05, 0) is 11.1 Å². The van der Waals surface area contributed by atoms with Gasteiger partial charge in [0.15, 0.2) is 0 Å². The summed E-state index contributed by atoms with van der Waals surface area (Å²) >= 11 is 1.22. The molecule has 0 bridgehead atoms. The van der Waals surface area contributed by atoms with Crippen molar-refractivity contribution in [2.45, 2.75) is 27.7 Å². The third-order valence-electron chi connectivity index (χ3n) is 7.29. The minimum atomic E-state index is -0.244. The van der Waals surface area contributed by atoms with E-state index in [0.29, 0.717) is 11.3 Å². The SMILES string of the molecule is C=Cc1ccc2[cH-]c3ccc(C=C)cc3c2c1.CC1[C-]=CC(C(C)(C)C)=C1.Fc1ccc([C](=[Zr+2])c2ccc(F)cc2)cc1.[Cl-].[Cl-]. The molecule has 45 heavy (non-hydrogen) atoms. The maximum absolute atomic E-state index is 12.8. The van der Waals surface area contributed by atoms with E-state index in [9.17, 15) is 8.78 Å². The second-order valence-corrected chi connectivity index (χ2v) is 12.8. The summed E-state index contributed by atoms with van der Waals surface area (Å²) in [6, 6.07) is 27.8. The maximum Gasteiger partial charge on any atom is -1.00 e. The van der Waals surface area contributed by atoms with Crippen molar-refractivity contribution in [1.29, 1.82) is 0 Å². The number of rotatable bonds is 4. The molecule has 1 aliphatic rings. The molecule has 0 aromatic heterocycles. The first-order valence-corrected chi connectivity index (χ1v) is 15.5. The van der Waals surface area contributed by atoms with Gasteiger partial charge in [0, 0.05) is 0 Å². The van der Waals surface area contributed by atoms with Crippen LogP contribution in [0.3, 0.4) is 0 Å². The van der Waals surface area contributed by atoms with Crippen LogP contribution in [-0.2, 0) is 24.2 Å². The predicted octanol–water partition coefficient (Wildman–Crippen LogP) is 5.05. The van der Waals surface area contributed by atoms with Gasteiger partial charge in [-0.1, -0.05) is 88.6 Å². The monoisotopic (exact) mass is 714 g/mol. The summed E-state index contributed by atoms with van der Waals surface area (Å²) in [6.45, 7) is 16.5. The van der Waals surface area contributed by atoms with Crippen molar-refractivity contribution in [3.63, 3.8) is 0 Å². The first-order valence-electron chi connectivity index (χ1n) is 14.3. The number of allylic oxidation sites excluding steroid dienone is 4. The number of fused-ring (bicyclic) bond motifs is 3. The van der Waals surface area contributed by atoms with Crippen LogP contribution in [0.15, 0.2) is 122 Å². The van der Waals surface area contributed by atoms with Gasteiger partial charge in [0.05, 0.1) is 0 Å². The number of hydrogen-bond acceptors (Lipinski definition) is 0. The maximum atomic E-state index is 12.8. The Morgan fingerprint density at radius 1 is 0.756 bits per heavy atom. The smallest absolute Gasteiger partial charge is 1.00 e. The molecule has 0 fully saturated rings. The van der Waals surface area contributed by atoms with Crippen LogP contribution < -0.4 is 24.8 Å². The molecule has 0 N–H and O–H groups in total. The van der Waals surface area contributed by atoms with Crippen molar-refractivity contribution in [3.8, 4) is 0 Å². The van der Waals surface area contributed by atoms with E-state index in [0.717, 1.165) is 25.5 Å². The molecule has 1 atom stereocenters. The van der Waals surface area contributed by atoms with Crippen LogP contribution in [0, 0.1) is 29.0 Å². The van der Waals surface area contributed by atoms with E-state index >= 15 is 0 Å². The minimum Gasteiger partial charge on any atom is -1.00 e. The molecule has 6 rings (SSSR count). The Morgan fingerprint density at radius 3 is 1.49 bits per heavy atom. The van der Waals surface area contributed by atoms with Gasteiger partial charge in [-0.2, -0.15) is 11.6 Å². The first-order chi connectivity index (χ1) is 20.5. The van der Waals surface area contributed by atoms with Crippen molar-refractivity contribution in [2.24, 2.45) is 11.3 Å². The molecule has 0 spiro atoms. The first kappa shape index (κ1) is 38.1. The quantitative estimate of drug-likeness (QED) is 0.229. The fourth-order valence-electron chi connectivity index (χ4n) is 4.74. The van der Waals surface area contributed by atoms with Crippen molar-refractivity contribution in [1.82, 2.24) is 0 Å². The number of halogens is 4. The zero-order chi connectivity index (χ0) is 31.1. The zero-order valence-electron chi connectivity index (χ0n) is 26.0. The van der Waals surface area contributed by atoms with Gasteiger partial charge in [-0.15, -0.1) is 39.7 Å². The van der Waals surface area contributed by atoms with Crippen molar-refractivity contribution >= 4 is 36.9 Å². The summed E-state index contributed by atoms with van der Waals surface area (Å²) in [7, 11) is 0. The Morgan fingerprint density at radius 2 is 1.18 bits per heavy atom. The molecule has 0 saturated heterocycles.